The number of aromatic nitrogens is 1. The Hall–Kier alpha value is -4.00. The van der Waals surface area contributed by atoms with E-state index in [0.29, 0.717) is 31.7 Å². The third-order valence-electron chi connectivity index (χ3n) is 7.14. The van der Waals surface area contributed by atoms with Gasteiger partial charge in [0.05, 0.1) is 19.3 Å². The lowest BCUT2D eigenvalue weighted by atomic mass is 9.82. The molecule has 1 fully saturated rings. The Morgan fingerprint density at radius 2 is 1.89 bits per heavy atom. The van der Waals surface area contributed by atoms with Gasteiger partial charge in [0.25, 0.3) is 11.5 Å². The van der Waals surface area contributed by atoms with Gasteiger partial charge < -0.3 is 23.9 Å². The number of para-hydroxylation sites is 1. The second-order valence-electron chi connectivity index (χ2n) is 9.42. The van der Waals surface area contributed by atoms with Crippen LogP contribution in [0.4, 0.5) is 5.69 Å². The summed E-state index contributed by atoms with van der Waals surface area (Å²) >= 11 is 0. The number of anilines is 1. The third-order valence-corrected chi connectivity index (χ3v) is 7.14. The van der Waals surface area contributed by atoms with Gasteiger partial charge >= 0.3 is 0 Å². The number of hydrogen-bond donors (Lipinski definition) is 1. The van der Waals surface area contributed by atoms with Crippen molar-refractivity contribution in [2.75, 3.05) is 25.5 Å². The molecular weight excluding hydrogens is 442 g/mol. The first-order chi connectivity index (χ1) is 17.1. The number of furan rings is 1. The van der Waals surface area contributed by atoms with Crippen LogP contribution in [-0.2, 0) is 13.1 Å². The smallest absolute Gasteiger partial charge is 0.253 e. The van der Waals surface area contributed by atoms with E-state index in [0.717, 1.165) is 40.3 Å². The van der Waals surface area contributed by atoms with Gasteiger partial charge in [0, 0.05) is 48.3 Å². The number of benzene rings is 2. The highest BCUT2D eigenvalue weighted by Crippen LogP contribution is 2.39. The van der Waals surface area contributed by atoms with Crippen molar-refractivity contribution in [3.63, 3.8) is 0 Å². The Balaban J connectivity index is 1.26. The largest absolute Gasteiger partial charge is 0.497 e. The molecule has 1 N–H and O–H groups in total. The zero-order chi connectivity index (χ0) is 23.9. The topological polar surface area (TPSA) is 76.7 Å². The van der Waals surface area contributed by atoms with E-state index in [-0.39, 0.29) is 23.3 Å². The Labute approximate surface area is 202 Å². The van der Waals surface area contributed by atoms with Gasteiger partial charge in [-0.05, 0) is 54.8 Å². The molecule has 2 aromatic heterocycles. The number of methoxy groups -OCH3 is 1. The molecule has 6 rings (SSSR count). The van der Waals surface area contributed by atoms with Gasteiger partial charge in [0.1, 0.15) is 17.1 Å². The van der Waals surface area contributed by atoms with Gasteiger partial charge in [0.2, 0.25) is 0 Å². The normalized spacial score (nSPS) is 18.8. The second kappa shape index (κ2) is 8.65. The lowest BCUT2D eigenvalue weighted by Crippen LogP contribution is -2.49. The maximum atomic E-state index is 13.3. The molecule has 0 radical (unpaired) electrons. The van der Waals surface area contributed by atoms with Crippen LogP contribution < -0.4 is 15.6 Å². The van der Waals surface area contributed by atoms with E-state index in [4.69, 9.17) is 9.15 Å². The lowest BCUT2D eigenvalue weighted by Gasteiger charge is -2.43. The predicted octanol–water partition coefficient (Wildman–Crippen LogP) is 4.47. The number of ether oxygens (including phenoxy) is 1. The Kier molecular flexibility index (Phi) is 5.32. The number of amides is 1. The van der Waals surface area contributed by atoms with Crippen LogP contribution in [0.25, 0.3) is 11.0 Å². The maximum Gasteiger partial charge on any atom is 0.253 e. The van der Waals surface area contributed by atoms with E-state index in [9.17, 15) is 9.59 Å². The molecule has 0 unspecified atom stereocenters. The van der Waals surface area contributed by atoms with Crippen LogP contribution in [0.15, 0.2) is 75.9 Å². The Morgan fingerprint density at radius 3 is 2.69 bits per heavy atom. The predicted molar refractivity (Wildman–Crippen MR) is 134 cm³/mol. The minimum Gasteiger partial charge on any atom is -0.497 e. The number of nitrogens with one attached hydrogen (secondary N) is 1. The maximum absolute atomic E-state index is 13.3. The fourth-order valence-electron chi connectivity index (χ4n) is 5.55. The average molecular weight is 470 g/mol. The SMILES string of the molecule is COc1ccc(C(=O)N2C[C@@H]3C[C@H](C2)c2c(NCc4cc5ccccc5o4)ccc(=O)n2C3)cc1. The monoisotopic (exact) mass is 469 g/mol. The Bertz CT molecular complexity index is 1420. The third kappa shape index (κ3) is 3.97. The van der Waals surface area contributed by atoms with Crippen LogP contribution in [0.5, 0.6) is 5.75 Å². The quantitative estimate of drug-likeness (QED) is 0.467. The van der Waals surface area contributed by atoms with Crippen LogP contribution in [0.2, 0.25) is 0 Å². The molecule has 0 saturated carbocycles. The van der Waals surface area contributed by atoms with Crippen LogP contribution in [0.3, 0.4) is 0 Å². The number of likely N-dealkylation sites (tertiary alicyclic amines) is 1. The zero-order valence-corrected chi connectivity index (χ0v) is 19.6. The minimum absolute atomic E-state index is 0.0129. The van der Waals surface area contributed by atoms with Crippen molar-refractivity contribution in [1.29, 1.82) is 0 Å². The highest BCUT2D eigenvalue weighted by molar-refractivity contribution is 5.94. The molecule has 2 atom stereocenters. The van der Waals surface area contributed by atoms with Crippen molar-refractivity contribution < 1.29 is 13.9 Å². The van der Waals surface area contributed by atoms with E-state index in [1.54, 1.807) is 13.2 Å². The summed E-state index contributed by atoms with van der Waals surface area (Å²) in [4.78, 5) is 28.0. The van der Waals surface area contributed by atoms with Crippen molar-refractivity contribution in [3.8, 4) is 5.75 Å². The van der Waals surface area contributed by atoms with Crippen molar-refractivity contribution >= 4 is 22.6 Å². The first-order valence-corrected chi connectivity index (χ1v) is 12.0. The Morgan fingerprint density at radius 1 is 1.06 bits per heavy atom. The van der Waals surface area contributed by atoms with E-state index in [1.807, 2.05) is 70.1 Å². The molecule has 2 bridgehead atoms. The molecule has 1 saturated heterocycles. The molecule has 0 spiro atoms. The van der Waals surface area contributed by atoms with E-state index in [2.05, 4.69) is 5.32 Å². The van der Waals surface area contributed by atoms with Gasteiger partial charge in [-0.15, -0.1) is 0 Å². The first-order valence-electron chi connectivity index (χ1n) is 12.0. The molecule has 1 amide bonds. The number of carbonyl (C=O) groups excluding carboxylic acids is 1. The highest BCUT2D eigenvalue weighted by atomic mass is 16.5. The van der Waals surface area contributed by atoms with Crippen molar-refractivity contribution in [2.45, 2.75) is 25.4 Å². The number of piperidine rings is 1. The number of rotatable bonds is 5. The molecule has 2 aliphatic heterocycles. The van der Waals surface area contributed by atoms with Gasteiger partial charge in [-0.25, -0.2) is 0 Å². The summed E-state index contributed by atoms with van der Waals surface area (Å²) in [5, 5.41) is 4.57. The zero-order valence-electron chi connectivity index (χ0n) is 19.6. The summed E-state index contributed by atoms with van der Waals surface area (Å²) in [5.74, 6) is 1.93. The summed E-state index contributed by atoms with van der Waals surface area (Å²) in [6, 6.07) is 20.7. The molecule has 7 heteroatoms. The number of pyridine rings is 1. The van der Waals surface area contributed by atoms with Gasteiger partial charge in [-0.3, -0.25) is 9.59 Å². The molecule has 35 heavy (non-hydrogen) atoms. The summed E-state index contributed by atoms with van der Waals surface area (Å²) in [6.07, 6.45) is 0.967. The summed E-state index contributed by atoms with van der Waals surface area (Å²) in [7, 11) is 1.61. The molecule has 0 aliphatic carbocycles. The number of nitrogens with zero attached hydrogens (tertiary/aromatic N) is 2. The molecule has 2 aromatic carbocycles. The number of carbonyl (C=O) groups is 1. The van der Waals surface area contributed by atoms with Crippen molar-refractivity contribution in [3.05, 3.63) is 94.1 Å². The van der Waals surface area contributed by atoms with Gasteiger partial charge in [0.15, 0.2) is 0 Å². The molecular formula is C28H27N3O4. The number of hydrogen-bond acceptors (Lipinski definition) is 5. The molecule has 2 aliphatic rings. The summed E-state index contributed by atoms with van der Waals surface area (Å²) < 4.78 is 13.1. The minimum atomic E-state index is 0.0129. The number of fused-ring (bicyclic) bond motifs is 5. The summed E-state index contributed by atoms with van der Waals surface area (Å²) in [6.45, 7) is 2.38. The fourth-order valence-corrected chi connectivity index (χ4v) is 5.55. The van der Waals surface area contributed by atoms with Crippen LogP contribution in [0, 0.1) is 5.92 Å². The lowest BCUT2D eigenvalue weighted by molar-refractivity contribution is 0.0595. The fraction of sp³-hybridized carbons (Fsp3) is 0.286. The van der Waals surface area contributed by atoms with Crippen LogP contribution in [0.1, 0.15) is 34.2 Å². The van der Waals surface area contributed by atoms with Crippen molar-refractivity contribution in [1.82, 2.24) is 9.47 Å². The van der Waals surface area contributed by atoms with Crippen LogP contribution in [-0.4, -0.2) is 35.6 Å². The van der Waals surface area contributed by atoms with Gasteiger partial charge in [-0.1, -0.05) is 18.2 Å². The van der Waals surface area contributed by atoms with E-state index in [1.165, 1.54) is 0 Å². The van der Waals surface area contributed by atoms with Gasteiger partial charge in [-0.2, -0.15) is 0 Å². The molecule has 178 valence electrons. The molecule has 4 aromatic rings. The standard InChI is InChI=1S/C28H27N3O4/c1-34-22-8-6-19(7-9-22)28(33)30-15-18-12-21(17-30)27-24(10-11-26(32)31(27)16-18)29-14-23-13-20-4-2-3-5-25(20)35-23/h2-11,13,18,21,29H,12,14-17H2,1H3/t18-,21+/m0/s1. The highest BCUT2D eigenvalue weighted by Gasteiger charge is 2.38. The van der Waals surface area contributed by atoms with Crippen LogP contribution >= 0.6 is 0 Å². The average Bonchev–Trinajstić information content (AvgIpc) is 3.31. The van der Waals surface area contributed by atoms with E-state index >= 15 is 0 Å². The molecule has 7 nitrogen and oxygen atoms in total. The first kappa shape index (κ1) is 21.5. The van der Waals surface area contributed by atoms with Crippen molar-refractivity contribution in [2.24, 2.45) is 5.92 Å². The molecule has 4 heterocycles. The summed E-state index contributed by atoms with van der Waals surface area (Å²) in [5.41, 5.74) is 3.43. The van der Waals surface area contributed by atoms with E-state index < -0.39 is 0 Å². The second-order valence-corrected chi connectivity index (χ2v) is 9.42.